The summed E-state index contributed by atoms with van der Waals surface area (Å²) in [6, 6.07) is 27.6. The van der Waals surface area contributed by atoms with E-state index in [2.05, 4.69) is 114 Å². The van der Waals surface area contributed by atoms with Crippen molar-refractivity contribution in [2.24, 2.45) is 17.8 Å². The van der Waals surface area contributed by atoms with Crippen LogP contribution in [0.3, 0.4) is 0 Å². The van der Waals surface area contributed by atoms with Gasteiger partial charge in [0.2, 0.25) is 0 Å². The zero-order valence-electron chi connectivity index (χ0n) is 33.5. The second-order valence-electron chi connectivity index (χ2n) is 17.0. The number of rotatable bonds is 11. The fourth-order valence-corrected chi connectivity index (χ4v) is 9.37. The van der Waals surface area contributed by atoms with Crippen LogP contribution in [0.1, 0.15) is 200 Å². The molecule has 0 aliphatic heterocycles. The Kier molecular flexibility index (Phi) is 18.2. The van der Waals surface area contributed by atoms with Gasteiger partial charge in [0.25, 0.3) is 0 Å². The molecule has 3 aliphatic rings. The van der Waals surface area contributed by atoms with Crippen LogP contribution in [-0.2, 0) is 0 Å². The van der Waals surface area contributed by atoms with Crippen molar-refractivity contribution < 1.29 is 0 Å². The van der Waals surface area contributed by atoms with Crippen LogP contribution >= 0.6 is 0 Å². The third-order valence-electron chi connectivity index (χ3n) is 12.8. The van der Waals surface area contributed by atoms with Gasteiger partial charge in [0.1, 0.15) is 0 Å². The zero-order valence-corrected chi connectivity index (χ0v) is 33.5. The van der Waals surface area contributed by atoms with Crippen LogP contribution < -0.4 is 0 Å². The molecule has 0 radical (unpaired) electrons. The Bertz CT molecular complexity index is 1190. The van der Waals surface area contributed by atoms with E-state index in [0.717, 1.165) is 35.5 Å². The molecule has 0 atom stereocenters. The molecule has 50 heavy (non-hydrogen) atoms. The van der Waals surface area contributed by atoms with E-state index in [9.17, 15) is 0 Å². The maximum Gasteiger partial charge on any atom is -0.0162 e. The highest BCUT2D eigenvalue weighted by Gasteiger charge is 2.23. The molecule has 0 unspecified atom stereocenters. The van der Waals surface area contributed by atoms with Gasteiger partial charge in [-0.2, -0.15) is 0 Å². The smallest absolute Gasteiger partial charge is 0.0162 e. The van der Waals surface area contributed by atoms with E-state index in [1.807, 2.05) is 0 Å². The molecule has 0 nitrogen and oxygen atoms in total. The lowest BCUT2D eigenvalue weighted by Gasteiger charge is -2.29. The van der Waals surface area contributed by atoms with Crippen molar-refractivity contribution in [3.63, 3.8) is 0 Å². The summed E-state index contributed by atoms with van der Waals surface area (Å²) in [6.07, 6.45) is 28.5. The summed E-state index contributed by atoms with van der Waals surface area (Å²) in [6.45, 7) is 13.4. The maximum atomic E-state index is 2.34. The highest BCUT2D eigenvalue weighted by atomic mass is 14.3. The van der Waals surface area contributed by atoms with Crippen molar-refractivity contribution >= 4 is 0 Å². The van der Waals surface area contributed by atoms with Crippen molar-refractivity contribution in [2.45, 2.75) is 188 Å². The normalized spacial score (nSPS) is 25.1. The van der Waals surface area contributed by atoms with Gasteiger partial charge in [-0.05, 0) is 150 Å². The molecule has 0 heterocycles. The average molecular weight is 677 g/mol. The van der Waals surface area contributed by atoms with Crippen molar-refractivity contribution in [2.75, 3.05) is 0 Å². The second kappa shape index (κ2) is 22.6. The first-order chi connectivity index (χ1) is 24.4. The first-order valence-electron chi connectivity index (χ1n) is 21.6. The summed E-state index contributed by atoms with van der Waals surface area (Å²) in [4.78, 5) is 0. The Morgan fingerprint density at radius 1 is 0.340 bits per heavy atom. The Labute approximate surface area is 310 Å². The molecule has 0 bridgehead atoms. The van der Waals surface area contributed by atoms with E-state index in [4.69, 9.17) is 0 Å². The number of hydrogen-bond donors (Lipinski definition) is 0. The van der Waals surface area contributed by atoms with Crippen molar-refractivity contribution in [1.82, 2.24) is 0 Å². The largest absolute Gasteiger partial charge is 0.0654 e. The van der Waals surface area contributed by atoms with Gasteiger partial charge in [-0.1, -0.05) is 162 Å². The number of aryl methyl sites for hydroxylation is 3. The standard InChI is InChI=1S/C18H28.2C16H24/c1-3-4-5-6-16-9-13-18(14-10-16)17-11-7-15(2)8-12-17;2*1-3-4-14-7-11-16(12-8-14)15-9-5-13(2)6-10-15/h7-8,11-12,16,18H,3-6,9-10,13-14H2,1-2H3;2*5-6,9-10,14,16H,3-4,7-8,11-12H2,1-2H3. The summed E-state index contributed by atoms with van der Waals surface area (Å²) < 4.78 is 0. The van der Waals surface area contributed by atoms with Gasteiger partial charge in [0.15, 0.2) is 0 Å². The number of unbranched alkanes of at least 4 members (excludes halogenated alkanes) is 2. The van der Waals surface area contributed by atoms with Gasteiger partial charge in [-0.15, -0.1) is 0 Å². The number of hydrogen-bond acceptors (Lipinski definition) is 0. The topological polar surface area (TPSA) is 0 Å². The molecule has 6 rings (SSSR count). The third-order valence-corrected chi connectivity index (χ3v) is 12.8. The minimum absolute atomic E-state index is 0.841. The van der Waals surface area contributed by atoms with Crippen LogP contribution in [0.2, 0.25) is 0 Å². The summed E-state index contributed by atoms with van der Waals surface area (Å²) in [5.74, 6) is 5.59. The molecule has 0 saturated heterocycles. The van der Waals surface area contributed by atoms with Gasteiger partial charge in [-0.3, -0.25) is 0 Å². The summed E-state index contributed by atoms with van der Waals surface area (Å²) in [5, 5.41) is 0. The van der Waals surface area contributed by atoms with E-state index in [0.29, 0.717) is 0 Å². The summed E-state index contributed by atoms with van der Waals surface area (Å²) in [7, 11) is 0. The Balaban J connectivity index is 0.000000169. The van der Waals surface area contributed by atoms with Gasteiger partial charge >= 0.3 is 0 Å². The SMILES string of the molecule is CCCC1CCC(c2ccc(C)cc2)CC1.CCCC1CCC(c2ccc(C)cc2)CC1.CCCCCC1CCC(c2ccc(C)cc2)CC1. The Morgan fingerprint density at radius 3 is 0.880 bits per heavy atom. The van der Waals surface area contributed by atoms with Crippen LogP contribution in [0.15, 0.2) is 72.8 Å². The molecule has 3 fully saturated rings. The van der Waals surface area contributed by atoms with Gasteiger partial charge in [-0.25, -0.2) is 0 Å². The van der Waals surface area contributed by atoms with Crippen molar-refractivity contribution in [3.8, 4) is 0 Å². The third kappa shape index (κ3) is 14.0. The van der Waals surface area contributed by atoms with Crippen molar-refractivity contribution in [1.29, 1.82) is 0 Å². The predicted octanol–water partition coefficient (Wildman–Crippen LogP) is 16.0. The van der Waals surface area contributed by atoms with Crippen LogP contribution in [0.4, 0.5) is 0 Å². The van der Waals surface area contributed by atoms with E-state index in [1.54, 1.807) is 16.7 Å². The van der Waals surface area contributed by atoms with Crippen LogP contribution in [0.25, 0.3) is 0 Å². The highest BCUT2D eigenvalue weighted by molar-refractivity contribution is 5.26. The molecular formula is C50H76. The van der Waals surface area contributed by atoms with E-state index < -0.39 is 0 Å². The lowest BCUT2D eigenvalue weighted by atomic mass is 9.77. The van der Waals surface area contributed by atoms with E-state index >= 15 is 0 Å². The fourth-order valence-electron chi connectivity index (χ4n) is 9.37. The van der Waals surface area contributed by atoms with Crippen LogP contribution in [-0.4, -0.2) is 0 Å². The summed E-state index contributed by atoms with van der Waals surface area (Å²) >= 11 is 0. The highest BCUT2D eigenvalue weighted by Crippen LogP contribution is 2.39. The lowest BCUT2D eigenvalue weighted by molar-refractivity contribution is 0.303. The zero-order chi connectivity index (χ0) is 35.6. The van der Waals surface area contributed by atoms with Crippen LogP contribution in [0, 0.1) is 38.5 Å². The van der Waals surface area contributed by atoms with Gasteiger partial charge in [0.05, 0.1) is 0 Å². The summed E-state index contributed by atoms with van der Waals surface area (Å²) in [5.41, 5.74) is 8.85. The number of benzene rings is 3. The molecule has 276 valence electrons. The quantitative estimate of drug-likeness (QED) is 0.177. The lowest BCUT2D eigenvalue weighted by Crippen LogP contribution is -2.13. The molecule has 0 N–H and O–H groups in total. The molecule has 0 aromatic heterocycles. The molecular weight excluding hydrogens is 601 g/mol. The molecule has 3 saturated carbocycles. The molecule has 3 aliphatic carbocycles. The Hall–Kier alpha value is -2.34. The molecule has 0 spiro atoms. The molecule has 0 amide bonds. The fraction of sp³-hybridized carbons (Fsp3) is 0.640. The second-order valence-corrected chi connectivity index (χ2v) is 17.0. The Morgan fingerprint density at radius 2 is 0.620 bits per heavy atom. The first kappa shape index (κ1) is 40.4. The maximum absolute atomic E-state index is 2.34. The van der Waals surface area contributed by atoms with E-state index in [-0.39, 0.29) is 0 Å². The molecule has 0 heteroatoms. The monoisotopic (exact) mass is 677 g/mol. The molecule has 3 aromatic carbocycles. The predicted molar refractivity (Wildman–Crippen MR) is 222 cm³/mol. The van der Waals surface area contributed by atoms with Gasteiger partial charge in [0, 0.05) is 0 Å². The first-order valence-corrected chi connectivity index (χ1v) is 21.6. The average Bonchev–Trinajstić information content (AvgIpc) is 3.15. The van der Waals surface area contributed by atoms with Crippen molar-refractivity contribution in [3.05, 3.63) is 106 Å². The van der Waals surface area contributed by atoms with E-state index in [1.165, 1.54) is 145 Å². The van der Waals surface area contributed by atoms with Crippen LogP contribution in [0.5, 0.6) is 0 Å². The van der Waals surface area contributed by atoms with Gasteiger partial charge < -0.3 is 0 Å². The minimum Gasteiger partial charge on any atom is -0.0654 e. The minimum atomic E-state index is 0.841. The molecule has 3 aromatic rings.